The SMILES string of the molecule is FC(F)(Br)C(F)(F)CC1COCC1CBr. The minimum Gasteiger partial charge on any atom is -0.381 e. The number of rotatable bonds is 4. The first-order valence-electron chi connectivity index (χ1n) is 4.36. The van der Waals surface area contributed by atoms with E-state index in [1.54, 1.807) is 15.9 Å². The van der Waals surface area contributed by atoms with Gasteiger partial charge in [0.15, 0.2) is 0 Å². The van der Waals surface area contributed by atoms with Gasteiger partial charge in [-0.15, -0.1) is 0 Å². The number of halogens is 6. The topological polar surface area (TPSA) is 9.23 Å². The second-order valence-corrected chi connectivity index (χ2v) is 5.26. The lowest BCUT2D eigenvalue weighted by Crippen LogP contribution is -2.38. The summed E-state index contributed by atoms with van der Waals surface area (Å²) in [6.45, 7) is 0.467. The summed E-state index contributed by atoms with van der Waals surface area (Å²) >= 11 is 4.86. The van der Waals surface area contributed by atoms with Crippen LogP contribution in [0.4, 0.5) is 17.6 Å². The van der Waals surface area contributed by atoms with Crippen LogP contribution in [0.1, 0.15) is 6.42 Å². The highest BCUT2D eigenvalue weighted by atomic mass is 79.9. The van der Waals surface area contributed by atoms with Crippen LogP contribution in [-0.4, -0.2) is 29.3 Å². The van der Waals surface area contributed by atoms with Crippen molar-refractivity contribution in [1.82, 2.24) is 0 Å². The van der Waals surface area contributed by atoms with Crippen LogP contribution in [0.25, 0.3) is 0 Å². The number of ether oxygens (including phenoxy) is 1. The van der Waals surface area contributed by atoms with Gasteiger partial charge >= 0.3 is 10.8 Å². The van der Waals surface area contributed by atoms with Gasteiger partial charge in [-0.2, -0.15) is 17.6 Å². The van der Waals surface area contributed by atoms with Gasteiger partial charge in [0.2, 0.25) is 0 Å². The first-order valence-corrected chi connectivity index (χ1v) is 6.27. The molecule has 0 aromatic carbocycles. The van der Waals surface area contributed by atoms with Crippen LogP contribution < -0.4 is 0 Å². The molecule has 90 valence electrons. The molecule has 1 heterocycles. The van der Waals surface area contributed by atoms with E-state index in [0.717, 1.165) is 0 Å². The maximum Gasteiger partial charge on any atom is 0.363 e. The Morgan fingerprint density at radius 1 is 1.13 bits per heavy atom. The van der Waals surface area contributed by atoms with Crippen molar-refractivity contribution in [3.05, 3.63) is 0 Å². The minimum absolute atomic E-state index is 0.120. The molecule has 0 aromatic rings. The predicted molar refractivity (Wildman–Crippen MR) is 55.0 cm³/mol. The van der Waals surface area contributed by atoms with E-state index < -0.39 is 23.1 Å². The van der Waals surface area contributed by atoms with Crippen molar-refractivity contribution in [2.24, 2.45) is 11.8 Å². The molecule has 15 heavy (non-hydrogen) atoms. The first kappa shape index (κ1) is 13.7. The smallest absolute Gasteiger partial charge is 0.363 e. The fraction of sp³-hybridized carbons (Fsp3) is 1.00. The van der Waals surface area contributed by atoms with Crippen molar-refractivity contribution in [3.8, 4) is 0 Å². The van der Waals surface area contributed by atoms with E-state index in [2.05, 4.69) is 15.9 Å². The highest BCUT2D eigenvalue weighted by Crippen LogP contribution is 2.45. The molecule has 0 amide bonds. The quantitative estimate of drug-likeness (QED) is 0.551. The summed E-state index contributed by atoms with van der Waals surface area (Å²) in [6.07, 6.45) is -0.860. The molecule has 0 spiro atoms. The van der Waals surface area contributed by atoms with Crippen molar-refractivity contribution < 1.29 is 22.3 Å². The third-order valence-corrected chi connectivity index (χ3v) is 3.87. The molecule has 1 aliphatic heterocycles. The Morgan fingerprint density at radius 2 is 1.67 bits per heavy atom. The number of alkyl halides is 6. The lowest BCUT2D eigenvalue weighted by Gasteiger charge is -2.25. The van der Waals surface area contributed by atoms with Gasteiger partial charge in [-0.05, 0) is 27.8 Å². The van der Waals surface area contributed by atoms with E-state index in [0.29, 0.717) is 11.9 Å². The van der Waals surface area contributed by atoms with Crippen LogP contribution in [0.15, 0.2) is 0 Å². The van der Waals surface area contributed by atoms with Crippen LogP contribution in [0.2, 0.25) is 0 Å². The van der Waals surface area contributed by atoms with Crippen molar-refractivity contribution in [2.45, 2.75) is 17.2 Å². The summed E-state index contributed by atoms with van der Waals surface area (Å²) in [4.78, 5) is -4.15. The van der Waals surface area contributed by atoms with Gasteiger partial charge in [0, 0.05) is 18.4 Å². The lowest BCUT2D eigenvalue weighted by molar-refractivity contribution is -0.159. The zero-order valence-electron chi connectivity index (χ0n) is 7.66. The van der Waals surface area contributed by atoms with Crippen LogP contribution in [0.3, 0.4) is 0 Å². The van der Waals surface area contributed by atoms with Crippen molar-refractivity contribution >= 4 is 31.9 Å². The highest BCUT2D eigenvalue weighted by molar-refractivity contribution is 9.10. The van der Waals surface area contributed by atoms with Crippen molar-refractivity contribution in [3.63, 3.8) is 0 Å². The van der Waals surface area contributed by atoms with E-state index in [1.165, 1.54) is 0 Å². The predicted octanol–water partition coefficient (Wildman–Crippen LogP) is 3.66. The van der Waals surface area contributed by atoms with E-state index in [1.807, 2.05) is 0 Å². The Bertz CT molecular complexity index is 219. The zero-order valence-corrected chi connectivity index (χ0v) is 10.8. The standard InChI is InChI=1S/C8H10Br2F4O/c9-2-6-4-15-3-5(6)1-7(11,12)8(10,13)14/h5-6H,1-4H2. The Hall–Kier alpha value is 0.640. The molecule has 0 N–H and O–H groups in total. The second-order valence-electron chi connectivity index (χ2n) is 3.62. The average Bonchev–Trinajstić information content (AvgIpc) is 2.48. The van der Waals surface area contributed by atoms with Crippen molar-refractivity contribution in [2.75, 3.05) is 18.5 Å². The molecule has 0 aromatic heterocycles. The molecule has 1 aliphatic rings. The van der Waals surface area contributed by atoms with Crippen molar-refractivity contribution in [1.29, 1.82) is 0 Å². The third kappa shape index (κ3) is 3.30. The molecule has 0 aliphatic carbocycles. The summed E-state index contributed by atoms with van der Waals surface area (Å²) in [5, 5.41) is 0.488. The van der Waals surface area contributed by atoms with Gasteiger partial charge in [0.25, 0.3) is 0 Å². The maximum absolute atomic E-state index is 13.0. The van der Waals surface area contributed by atoms with Gasteiger partial charge in [0.05, 0.1) is 6.61 Å². The molecular formula is C8H10Br2F4O. The van der Waals surface area contributed by atoms with Crippen LogP contribution in [-0.2, 0) is 4.74 Å². The molecule has 0 radical (unpaired) electrons. The molecule has 1 nitrogen and oxygen atoms in total. The zero-order chi connectivity index (χ0) is 11.7. The third-order valence-electron chi connectivity index (χ3n) is 2.46. The minimum atomic E-state index is -4.15. The van der Waals surface area contributed by atoms with Gasteiger partial charge in [-0.3, -0.25) is 0 Å². The van der Waals surface area contributed by atoms with E-state index >= 15 is 0 Å². The van der Waals surface area contributed by atoms with Crippen LogP contribution >= 0.6 is 31.9 Å². The fourth-order valence-corrected chi connectivity index (χ4v) is 2.36. The Balaban J connectivity index is 2.60. The summed E-state index contributed by atoms with van der Waals surface area (Å²) in [5.41, 5.74) is 0. The Kier molecular flexibility index (Phi) is 4.45. The maximum atomic E-state index is 13.0. The van der Waals surface area contributed by atoms with Gasteiger partial charge in [-0.1, -0.05) is 15.9 Å². The lowest BCUT2D eigenvalue weighted by atomic mass is 9.92. The average molecular weight is 358 g/mol. The van der Waals surface area contributed by atoms with E-state index in [4.69, 9.17) is 4.74 Å². The molecule has 2 unspecified atom stereocenters. The normalized spacial score (nSPS) is 28.4. The van der Waals surface area contributed by atoms with Crippen LogP contribution in [0, 0.1) is 11.8 Å². The van der Waals surface area contributed by atoms with E-state index in [9.17, 15) is 17.6 Å². The summed E-state index contributed by atoms with van der Waals surface area (Å²) < 4.78 is 56.0. The largest absolute Gasteiger partial charge is 0.381 e. The van der Waals surface area contributed by atoms with Crippen LogP contribution in [0.5, 0.6) is 0 Å². The molecular weight excluding hydrogens is 348 g/mol. The molecule has 0 saturated carbocycles. The Morgan fingerprint density at radius 3 is 2.13 bits per heavy atom. The molecule has 0 bridgehead atoms. The van der Waals surface area contributed by atoms with E-state index in [-0.39, 0.29) is 12.5 Å². The highest BCUT2D eigenvalue weighted by Gasteiger charge is 2.56. The summed E-state index contributed by atoms with van der Waals surface area (Å²) in [6, 6.07) is 0. The summed E-state index contributed by atoms with van der Waals surface area (Å²) in [7, 11) is 0. The monoisotopic (exact) mass is 356 g/mol. The first-order chi connectivity index (χ1) is 6.78. The number of hydrogen-bond acceptors (Lipinski definition) is 1. The second kappa shape index (κ2) is 4.87. The molecule has 1 fully saturated rings. The number of hydrogen-bond donors (Lipinski definition) is 0. The molecule has 1 saturated heterocycles. The fourth-order valence-electron chi connectivity index (χ4n) is 1.48. The molecule has 2 atom stereocenters. The molecule has 1 rings (SSSR count). The van der Waals surface area contributed by atoms with Gasteiger partial charge in [-0.25, -0.2) is 0 Å². The molecule has 7 heteroatoms. The summed E-state index contributed by atoms with van der Waals surface area (Å²) in [5.74, 6) is -4.68. The van der Waals surface area contributed by atoms with Gasteiger partial charge in [0.1, 0.15) is 0 Å². The van der Waals surface area contributed by atoms with Gasteiger partial charge < -0.3 is 4.74 Å². The Labute approximate surface area is 102 Å².